The number of benzene rings is 2. The van der Waals surface area contributed by atoms with Crippen LogP contribution in [0.15, 0.2) is 42.5 Å². The van der Waals surface area contributed by atoms with Gasteiger partial charge in [-0.3, -0.25) is 9.52 Å². The summed E-state index contributed by atoms with van der Waals surface area (Å²) in [5, 5.41) is 3.38. The summed E-state index contributed by atoms with van der Waals surface area (Å²) in [6.45, 7) is 3.77. The summed E-state index contributed by atoms with van der Waals surface area (Å²) in [4.78, 5) is 12.2. The van der Waals surface area contributed by atoms with E-state index < -0.39 is 16.1 Å². The molecule has 2 aromatic rings. The Labute approximate surface area is 158 Å². The molecule has 0 saturated heterocycles. The lowest BCUT2D eigenvalue weighted by molar-refractivity contribution is -0.127. The zero-order valence-corrected chi connectivity index (χ0v) is 16.3. The van der Waals surface area contributed by atoms with E-state index in [4.69, 9.17) is 16.3 Å². The number of rotatable bonds is 7. The Morgan fingerprint density at radius 2 is 1.96 bits per heavy atom. The quantitative estimate of drug-likeness (QED) is 0.753. The van der Waals surface area contributed by atoms with Crippen LogP contribution in [0.25, 0.3) is 0 Å². The van der Waals surface area contributed by atoms with Gasteiger partial charge in [0.1, 0.15) is 5.75 Å². The molecule has 0 aliphatic heterocycles. The lowest BCUT2D eigenvalue weighted by atomic mass is 10.2. The molecule has 1 atom stereocenters. The molecule has 2 rings (SSSR count). The van der Waals surface area contributed by atoms with E-state index in [-0.39, 0.29) is 12.5 Å². The molecule has 6 nitrogen and oxygen atoms in total. The smallest absolute Gasteiger partial charge is 0.261 e. The monoisotopic (exact) mass is 396 g/mol. The molecule has 0 fully saturated rings. The van der Waals surface area contributed by atoms with E-state index >= 15 is 0 Å². The number of aryl methyl sites for hydroxylation is 1. The Morgan fingerprint density at radius 1 is 1.23 bits per heavy atom. The van der Waals surface area contributed by atoms with Gasteiger partial charge in [-0.05, 0) is 55.3 Å². The molecule has 1 amide bonds. The van der Waals surface area contributed by atoms with Crippen LogP contribution in [0, 0.1) is 6.92 Å². The van der Waals surface area contributed by atoms with Gasteiger partial charge in [-0.25, -0.2) is 8.42 Å². The van der Waals surface area contributed by atoms with E-state index in [9.17, 15) is 13.2 Å². The molecule has 0 radical (unpaired) electrons. The highest BCUT2D eigenvalue weighted by Crippen LogP contribution is 2.22. The second-order valence-corrected chi connectivity index (χ2v) is 8.15. The molecule has 2 aromatic carbocycles. The number of hydrogen-bond acceptors (Lipinski definition) is 4. The summed E-state index contributed by atoms with van der Waals surface area (Å²) in [5.41, 5.74) is 2.05. The van der Waals surface area contributed by atoms with E-state index in [0.29, 0.717) is 16.5 Å². The van der Waals surface area contributed by atoms with Crippen molar-refractivity contribution in [3.8, 4) is 5.75 Å². The van der Waals surface area contributed by atoms with Gasteiger partial charge in [0.15, 0.2) is 6.10 Å². The van der Waals surface area contributed by atoms with Gasteiger partial charge < -0.3 is 10.1 Å². The van der Waals surface area contributed by atoms with Gasteiger partial charge in [0.05, 0.1) is 6.26 Å². The zero-order chi connectivity index (χ0) is 19.3. The number of carbonyl (C=O) groups is 1. The predicted molar refractivity (Wildman–Crippen MR) is 103 cm³/mol. The molecule has 8 heteroatoms. The highest BCUT2D eigenvalue weighted by atomic mass is 35.5. The first-order valence-electron chi connectivity index (χ1n) is 7.91. The van der Waals surface area contributed by atoms with Gasteiger partial charge in [0.2, 0.25) is 10.0 Å². The van der Waals surface area contributed by atoms with Crippen molar-refractivity contribution < 1.29 is 17.9 Å². The van der Waals surface area contributed by atoms with E-state index in [2.05, 4.69) is 10.0 Å². The number of amides is 1. The Hall–Kier alpha value is -2.25. The van der Waals surface area contributed by atoms with Crippen LogP contribution in [0.4, 0.5) is 5.69 Å². The van der Waals surface area contributed by atoms with Crippen LogP contribution in [-0.4, -0.2) is 26.7 Å². The normalized spacial score (nSPS) is 12.3. The number of nitrogens with one attached hydrogen (secondary N) is 2. The Bertz CT molecular complexity index is 900. The van der Waals surface area contributed by atoms with Gasteiger partial charge in [-0.2, -0.15) is 0 Å². The van der Waals surface area contributed by atoms with Gasteiger partial charge in [0, 0.05) is 17.3 Å². The van der Waals surface area contributed by atoms with Crippen molar-refractivity contribution in [2.45, 2.75) is 26.5 Å². The second kappa shape index (κ2) is 8.42. The van der Waals surface area contributed by atoms with Gasteiger partial charge in [-0.1, -0.05) is 23.7 Å². The third-order valence-electron chi connectivity index (χ3n) is 3.51. The molecule has 0 aliphatic carbocycles. The molecule has 0 aliphatic rings. The fraction of sp³-hybridized carbons (Fsp3) is 0.278. The highest BCUT2D eigenvalue weighted by Gasteiger charge is 2.15. The first-order valence-corrected chi connectivity index (χ1v) is 10.2. The van der Waals surface area contributed by atoms with E-state index in [0.717, 1.165) is 17.4 Å². The molecule has 0 unspecified atom stereocenters. The molecule has 0 saturated carbocycles. The van der Waals surface area contributed by atoms with Crippen LogP contribution >= 0.6 is 11.6 Å². The van der Waals surface area contributed by atoms with Gasteiger partial charge in [0.25, 0.3) is 5.91 Å². The maximum absolute atomic E-state index is 12.2. The average molecular weight is 397 g/mol. The molecule has 26 heavy (non-hydrogen) atoms. The van der Waals surface area contributed by atoms with E-state index in [1.54, 1.807) is 49.4 Å². The van der Waals surface area contributed by atoms with Crippen molar-refractivity contribution in [2.75, 3.05) is 11.0 Å². The molecule has 0 spiro atoms. The first kappa shape index (κ1) is 20.1. The predicted octanol–water partition coefficient (Wildman–Crippen LogP) is 3.10. The summed E-state index contributed by atoms with van der Waals surface area (Å²) < 4.78 is 30.6. The maximum Gasteiger partial charge on any atom is 0.261 e. The summed E-state index contributed by atoms with van der Waals surface area (Å²) in [7, 11) is -3.35. The number of sulfonamides is 1. The van der Waals surface area contributed by atoms with Crippen LogP contribution in [0.5, 0.6) is 5.75 Å². The molecule has 140 valence electrons. The third kappa shape index (κ3) is 6.24. The van der Waals surface area contributed by atoms with Crippen LogP contribution in [0.2, 0.25) is 5.02 Å². The minimum absolute atomic E-state index is 0.255. The Morgan fingerprint density at radius 3 is 2.62 bits per heavy atom. The maximum atomic E-state index is 12.2. The summed E-state index contributed by atoms with van der Waals surface area (Å²) >= 11 is 5.91. The number of hydrogen-bond donors (Lipinski definition) is 2. The van der Waals surface area contributed by atoms with Crippen molar-refractivity contribution in [1.29, 1.82) is 0 Å². The lowest BCUT2D eigenvalue weighted by Crippen LogP contribution is -2.36. The summed E-state index contributed by atoms with van der Waals surface area (Å²) in [5.74, 6) is 0.317. The number of halogens is 1. The Balaban J connectivity index is 1.94. The largest absolute Gasteiger partial charge is 0.481 e. The van der Waals surface area contributed by atoms with Crippen molar-refractivity contribution in [1.82, 2.24) is 5.32 Å². The molecular formula is C18H21ClN2O4S. The highest BCUT2D eigenvalue weighted by molar-refractivity contribution is 7.92. The van der Waals surface area contributed by atoms with Gasteiger partial charge >= 0.3 is 0 Å². The average Bonchev–Trinajstić information content (AvgIpc) is 2.54. The lowest BCUT2D eigenvalue weighted by Gasteiger charge is -2.16. The van der Waals surface area contributed by atoms with Crippen molar-refractivity contribution in [3.63, 3.8) is 0 Å². The molecule has 0 bridgehead atoms. The standard InChI is InChI=1S/C18H21ClN2O4S/c1-12-9-15(19)7-8-17(12)25-13(2)18(22)20-11-14-5-4-6-16(10-14)21-26(3,23)24/h4-10,13,21H,11H2,1-3H3,(H,20,22)/t13-/m1/s1. The first-order chi connectivity index (χ1) is 12.1. The van der Waals surface area contributed by atoms with Crippen LogP contribution in [0.1, 0.15) is 18.1 Å². The third-order valence-corrected chi connectivity index (χ3v) is 4.35. The SMILES string of the molecule is Cc1cc(Cl)ccc1O[C@H](C)C(=O)NCc1cccc(NS(C)(=O)=O)c1. The van der Waals surface area contributed by atoms with E-state index in [1.165, 1.54) is 0 Å². The van der Waals surface area contributed by atoms with Crippen LogP contribution < -0.4 is 14.8 Å². The molecule has 2 N–H and O–H groups in total. The fourth-order valence-corrected chi connectivity index (χ4v) is 3.06. The minimum Gasteiger partial charge on any atom is -0.481 e. The number of carbonyl (C=O) groups excluding carboxylic acids is 1. The van der Waals surface area contributed by atoms with Crippen LogP contribution in [-0.2, 0) is 21.4 Å². The molecule has 0 heterocycles. The van der Waals surface area contributed by atoms with E-state index in [1.807, 2.05) is 6.92 Å². The molecule has 0 aromatic heterocycles. The van der Waals surface area contributed by atoms with Crippen molar-refractivity contribution in [2.24, 2.45) is 0 Å². The topological polar surface area (TPSA) is 84.5 Å². The van der Waals surface area contributed by atoms with Crippen molar-refractivity contribution in [3.05, 3.63) is 58.6 Å². The van der Waals surface area contributed by atoms with Crippen LogP contribution in [0.3, 0.4) is 0 Å². The number of ether oxygens (including phenoxy) is 1. The van der Waals surface area contributed by atoms with Gasteiger partial charge in [-0.15, -0.1) is 0 Å². The number of anilines is 1. The summed E-state index contributed by atoms with van der Waals surface area (Å²) in [6, 6.07) is 12.0. The minimum atomic E-state index is -3.35. The Kier molecular flexibility index (Phi) is 6.50. The fourth-order valence-electron chi connectivity index (χ4n) is 2.28. The molecular weight excluding hydrogens is 376 g/mol. The second-order valence-electron chi connectivity index (χ2n) is 5.96. The zero-order valence-electron chi connectivity index (χ0n) is 14.7. The van der Waals surface area contributed by atoms with Crippen molar-refractivity contribution >= 4 is 33.2 Å². The summed E-state index contributed by atoms with van der Waals surface area (Å²) in [6.07, 6.45) is 0.395.